The van der Waals surface area contributed by atoms with Crippen LogP contribution < -0.4 is 29.6 Å². The van der Waals surface area contributed by atoms with E-state index in [0.29, 0.717) is 11.1 Å². The number of nitrogens with zero attached hydrogens (tertiary/aromatic N) is 2. The molecule has 0 saturated heterocycles. The van der Waals surface area contributed by atoms with Crippen LogP contribution in [0.15, 0.2) is 29.4 Å². The SMILES string of the molecule is N#Cc1ccccc1/C=N/[O-].[Na+]. The Bertz CT molecular complexity index is 317. The molecule has 0 N–H and O–H groups in total. The van der Waals surface area contributed by atoms with Crippen molar-refractivity contribution in [2.24, 2.45) is 5.16 Å². The molecule has 0 atom stereocenters. The summed E-state index contributed by atoms with van der Waals surface area (Å²) in [4.78, 5) is 0. The third-order valence-electron chi connectivity index (χ3n) is 1.27. The molecule has 0 aliphatic carbocycles. The van der Waals surface area contributed by atoms with Crippen LogP contribution in [0.1, 0.15) is 11.1 Å². The van der Waals surface area contributed by atoms with Crippen LogP contribution in [-0.2, 0) is 0 Å². The largest absolute Gasteiger partial charge is 1.00 e. The average Bonchev–Trinajstić information content (AvgIpc) is 2.06. The fraction of sp³-hybridized carbons (Fsp3) is 0. The molecule has 0 bridgehead atoms. The van der Waals surface area contributed by atoms with E-state index in [0.717, 1.165) is 6.21 Å². The van der Waals surface area contributed by atoms with Gasteiger partial charge in [-0.25, -0.2) is 0 Å². The number of hydrogen-bond donors (Lipinski definition) is 0. The molecule has 54 valence electrons. The molecular weight excluding hydrogens is 163 g/mol. The molecule has 0 heterocycles. The summed E-state index contributed by atoms with van der Waals surface area (Å²) in [5.74, 6) is 0. The van der Waals surface area contributed by atoms with Crippen molar-refractivity contribution >= 4 is 6.21 Å². The molecule has 3 nitrogen and oxygen atoms in total. The second-order valence-electron chi connectivity index (χ2n) is 1.93. The molecule has 4 heteroatoms. The second kappa shape index (κ2) is 5.78. The number of rotatable bonds is 1. The van der Waals surface area contributed by atoms with Crippen molar-refractivity contribution in [3.63, 3.8) is 0 Å². The van der Waals surface area contributed by atoms with Gasteiger partial charge in [0, 0.05) is 11.8 Å². The molecule has 0 spiro atoms. The average molecular weight is 168 g/mol. The van der Waals surface area contributed by atoms with Gasteiger partial charge >= 0.3 is 29.6 Å². The molecule has 0 radical (unpaired) electrons. The van der Waals surface area contributed by atoms with Gasteiger partial charge in [-0.15, -0.1) is 0 Å². The molecule has 0 aliphatic rings. The Morgan fingerprint density at radius 1 is 1.42 bits per heavy atom. The number of hydrogen-bond acceptors (Lipinski definition) is 3. The smallest absolute Gasteiger partial charge is 0.792 e. The van der Waals surface area contributed by atoms with Gasteiger partial charge in [0.15, 0.2) is 0 Å². The molecule has 0 aromatic heterocycles. The van der Waals surface area contributed by atoms with Gasteiger partial charge in [-0.1, -0.05) is 18.2 Å². The van der Waals surface area contributed by atoms with Crippen LogP contribution in [0.25, 0.3) is 0 Å². The van der Waals surface area contributed by atoms with E-state index in [1.54, 1.807) is 24.3 Å². The first-order valence-electron chi connectivity index (χ1n) is 3.03. The second-order valence-corrected chi connectivity index (χ2v) is 1.93. The van der Waals surface area contributed by atoms with E-state index in [9.17, 15) is 5.21 Å². The predicted molar refractivity (Wildman–Crippen MR) is 42.1 cm³/mol. The minimum absolute atomic E-state index is 0. The number of benzene rings is 1. The van der Waals surface area contributed by atoms with Gasteiger partial charge in [-0.05, 0) is 6.07 Å². The van der Waals surface area contributed by atoms with Gasteiger partial charge < -0.3 is 10.4 Å². The Balaban J connectivity index is 0.00000121. The van der Waals surface area contributed by atoms with E-state index < -0.39 is 0 Å². The molecule has 1 rings (SSSR count). The Hall–Kier alpha value is -0.820. The van der Waals surface area contributed by atoms with Crippen molar-refractivity contribution in [3.8, 4) is 6.07 Å². The third-order valence-corrected chi connectivity index (χ3v) is 1.27. The van der Waals surface area contributed by atoms with Crippen LogP contribution in [-0.4, -0.2) is 6.21 Å². The minimum atomic E-state index is 0. The van der Waals surface area contributed by atoms with Gasteiger partial charge in [0.1, 0.15) is 0 Å². The Morgan fingerprint density at radius 2 is 2.08 bits per heavy atom. The maximum Gasteiger partial charge on any atom is 1.00 e. The minimum Gasteiger partial charge on any atom is -0.792 e. The molecule has 0 unspecified atom stereocenters. The first-order valence-corrected chi connectivity index (χ1v) is 3.03. The maximum atomic E-state index is 9.83. The van der Waals surface area contributed by atoms with E-state index in [-0.39, 0.29) is 29.6 Å². The summed E-state index contributed by atoms with van der Waals surface area (Å²) in [6.07, 6.45) is 1.12. The van der Waals surface area contributed by atoms with Crippen molar-refractivity contribution in [3.05, 3.63) is 40.6 Å². The van der Waals surface area contributed by atoms with Crippen LogP contribution in [0.2, 0.25) is 0 Å². The van der Waals surface area contributed by atoms with Gasteiger partial charge in [-0.3, -0.25) is 0 Å². The van der Waals surface area contributed by atoms with Crippen LogP contribution >= 0.6 is 0 Å². The molecule has 1 aromatic rings. The maximum absolute atomic E-state index is 9.83. The third kappa shape index (κ3) is 2.67. The standard InChI is InChI=1S/C8H6N2O.Na/c9-5-7-3-1-2-4-8(7)6-10-11;/h1-4,6,11H;/q;+1/p-1/b10-6+;. The van der Waals surface area contributed by atoms with Crippen LogP contribution in [0.3, 0.4) is 0 Å². The summed E-state index contributed by atoms with van der Waals surface area (Å²) in [7, 11) is 0. The molecule has 0 saturated carbocycles. The summed E-state index contributed by atoms with van der Waals surface area (Å²) < 4.78 is 0. The monoisotopic (exact) mass is 168 g/mol. The van der Waals surface area contributed by atoms with Gasteiger partial charge in [0.2, 0.25) is 0 Å². The molecular formula is C8H5N2NaO. The van der Waals surface area contributed by atoms with Gasteiger partial charge in [0.05, 0.1) is 11.6 Å². The van der Waals surface area contributed by atoms with Crippen molar-refractivity contribution < 1.29 is 29.6 Å². The number of nitriles is 1. The zero-order valence-corrected chi connectivity index (χ0v) is 8.69. The van der Waals surface area contributed by atoms with E-state index in [4.69, 9.17) is 5.26 Å². The molecule has 0 fully saturated rings. The van der Waals surface area contributed by atoms with Crippen molar-refractivity contribution in [2.75, 3.05) is 0 Å². The van der Waals surface area contributed by atoms with Crippen LogP contribution in [0.5, 0.6) is 0 Å². The predicted octanol–water partition coefficient (Wildman–Crippen LogP) is -1.52. The first kappa shape index (κ1) is 11.2. The van der Waals surface area contributed by atoms with Gasteiger partial charge in [-0.2, -0.15) is 5.26 Å². The quantitative estimate of drug-likeness (QED) is 0.290. The van der Waals surface area contributed by atoms with Crippen molar-refractivity contribution in [2.45, 2.75) is 0 Å². The van der Waals surface area contributed by atoms with E-state index in [1.165, 1.54) is 0 Å². The Morgan fingerprint density at radius 3 is 2.67 bits per heavy atom. The molecule has 12 heavy (non-hydrogen) atoms. The van der Waals surface area contributed by atoms with E-state index in [2.05, 4.69) is 5.16 Å². The summed E-state index contributed by atoms with van der Waals surface area (Å²) in [6.45, 7) is 0. The zero-order chi connectivity index (χ0) is 8.10. The van der Waals surface area contributed by atoms with Crippen LogP contribution in [0, 0.1) is 16.5 Å². The fourth-order valence-electron chi connectivity index (χ4n) is 0.768. The first-order chi connectivity index (χ1) is 5.38. The van der Waals surface area contributed by atoms with Crippen LogP contribution in [0.4, 0.5) is 0 Å². The normalized spacial score (nSPS) is 8.92. The molecule has 0 aliphatic heterocycles. The summed E-state index contributed by atoms with van der Waals surface area (Å²) in [5, 5.41) is 20.9. The Labute approximate surface area is 92.6 Å². The van der Waals surface area contributed by atoms with E-state index in [1.807, 2.05) is 6.07 Å². The molecule has 1 aromatic carbocycles. The van der Waals surface area contributed by atoms with Crippen molar-refractivity contribution in [1.82, 2.24) is 0 Å². The zero-order valence-electron chi connectivity index (χ0n) is 6.69. The molecule has 0 amide bonds. The summed E-state index contributed by atoms with van der Waals surface area (Å²) in [5.41, 5.74) is 1.03. The van der Waals surface area contributed by atoms with Crippen molar-refractivity contribution in [1.29, 1.82) is 5.26 Å². The summed E-state index contributed by atoms with van der Waals surface area (Å²) in [6, 6.07) is 8.74. The summed E-state index contributed by atoms with van der Waals surface area (Å²) >= 11 is 0. The van der Waals surface area contributed by atoms with Gasteiger partial charge in [0.25, 0.3) is 0 Å². The Kier molecular flexibility index (Phi) is 5.39. The fourth-order valence-corrected chi connectivity index (χ4v) is 0.768. The topological polar surface area (TPSA) is 59.2 Å². The van der Waals surface area contributed by atoms with E-state index >= 15 is 0 Å².